The molecule has 2 nitrogen and oxygen atoms in total. The molecular formula is C13H13F2NO. The number of halogens is 2. The minimum atomic E-state index is -0.457. The predicted octanol–water partition coefficient (Wildman–Crippen LogP) is 3.18. The monoisotopic (exact) mass is 237 g/mol. The van der Waals surface area contributed by atoms with E-state index in [2.05, 4.69) is 5.32 Å². The van der Waals surface area contributed by atoms with Crippen LogP contribution in [0.3, 0.4) is 0 Å². The third-order valence-electron chi connectivity index (χ3n) is 2.64. The molecule has 1 aromatic heterocycles. The van der Waals surface area contributed by atoms with Crippen molar-refractivity contribution in [2.75, 3.05) is 7.05 Å². The highest BCUT2D eigenvalue weighted by atomic mass is 19.1. The smallest absolute Gasteiger partial charge is 0.128 e. The first-order valence-corrected chi connectivity index (χ1v) is 5.29. The minimum absolute atomic E-state index is 0.272. The lowest BCUT2D eigenvalue weighted by Crippen LogP contribution is -2.18. The Morgan fingerprint density at radius 2 is 2.00 bits per heavy atom. The molecule has 1 heterocycles. The maximum Gasteiger partial charge on any atom is 0.128 e. The standard InChI is InChI=1S/C13H13F2NO/c1-8-5-9(7-17-8)13(16-2)11-6-10(14)3-4-12(11)15/h3-7,13,16H,1-2H3. The number of hydrogen-bond acceptors (Lipinski definition) is 2. The summed E-state index contributed by atoms with van der Waals surface area (Å²) in [5, 5.41) is 2.95. The Kier molecular flexibility index (Phi) is 3.24. The van der Waals surface area contributed by atoms with Gasteiger partial charge in [-0.25, -0.2) is 8.78 Å². The fourth-order valence-electron chi connectivity index (χ4n) is 1.85. The number of benzene rings is 1. The molecule has 0 saturated carbocycles. The van der Waals surface area contributed by atoms with E-state index in [0.29, 0.717) is 0 Å². The molecule has 4 heteroatoms. The van der Waals surface area contributed by atoms with Crippen molar-refractivity contribution in [1.82, 2.24) is 5.32 Å². The van der Waals surface area contributed by atoms with Gasteiger partial charge in [-0.2, -0.15) is 0 Å². The van der Waals surface area contributed by atoms with Gasteiger partial charge in [0, 0.05) is 11.1 Å². The molecule has 2 rings (SSSR count). The van der Waals surface area contributed by atoms with Crippen molar-refractivity contribution in [2.45, 2.75) is 13.0 Å². The van der Waals surface area contributed by atoms with Gasteiger partial charge in [-0.1, -0.05) is 0 Å². The van der Waals surface area contributed by atoms with Gasteiger partial charge in [-0.05, 0) is 38.2 Å². The quantitative estimate of drug-likeness (QED) is 0.887. The van der Waals surface area contributed by atoms with E-state index in [1.165, 1.54) is 6.07 Å². The van der Waals surface area contributed by atoms with Gasteiger partial charge in [0.25, 0.3) is 0 Å². The summed E-state index contributed by atoms with van der Waals surface area (Å²) < 4.78 is 32.0. The highest BCUT2D eigenvalue weighted by Gasteiger charge is 2.18. The van der Waals surface area contributed by atoms with Crippen molar-refractivity contribution in [2.24, 2.45) is 0 Å². The average molecular weight is 237 g/mol. The van der Waals surface area contributed by atoms with Crippen molar-refractivity contribution in [3.63, 3.8) is 0 Å². The van der Waals surface area contributed by atoms with Gasteiger partial charge in [0.05, 0.1) is 12.3 Å². The SMILES string of the molecule is CNC(c1coc(C)c1)c1cc(F)ccc1F. The van der Waals surface area contributed by atoms with E-state index in [9.17, 15) is 8.78 Å². The molecule has 0 bridgehead atoms. The third-order valence-corrected chi connectivity index (χ3v) is 2.64. The Bertz CT molecular complexity index is 522. The molecule has 1 atom stereocenters. The van der Waals surface area contributed by atoms with Crippen molar-refractivity contribution in [3.05, 3.63) is 59.1 Å². The van der Waals surface area contributed by atoms with Gasteiger partial charge in [-0.3, -0.25) is 0 Å². The molecule has 0 saturated heterocycles. The molecule has 0 radical (unpaired) electrons. The lowest BCUT2D eigenvalue weighted by atomic mass is 10.0. The molecule has 0 aliphatic carbocycles. The van der Waals surface area contributed by atoms with Crippen LogP contribution in [-0.2, 0) is 0 Å². The van der Waals surface area contributed by atoms with Crippen LogP contribution in [0.4, 0.5) is 8.78 Å². The molecule has 0 spiro atoms. The van der Waals surface area contributed by atoms with Gasteiger partial charge in [0.2, 0.25) is 0 Å². The van der Waals surface area contributed by atoms with Gasteiger partial charge >= 0.3 is 0 Å². The highest BCUT2D eigenvalue weighted by molar-refractivity contribution is 5.32. The van der Waals surface area contributed by atoms with E-state index >= 15 is 0 Å². The van der Waals surface area contributed by atoms with Crippen molar-refractivity contribution < 1.29 is 13.2 Å². The summed E-state index contributed by atoms with van der Waals surface area (Å²) >= 11 is 0. The van der Waals surface area contributed by atoms with E-state index in [0.717, 1.165) is 23.5 Å². The number of rotatable bonds is 3. The van der Waals surface area contributed by atoms with Crippen LogP contribution >= 0.6 is 0 Å². The van der Waals surface area contributed by atoms with E-state index in [-0.39, 0.29) is 5.56 Å². The molecule has 1 aromatic carbocycles. The second kappa shape index (κ2) is 4.67. The topological polar surface area (TPSA) is 25.2 Å². The second-order valence-electron chi connectivity index (χ2n) is 3.88. The van der Waals surface area contributed by atoms with Gasteiger partial charge in [0.15, 0.2) is 0 Å². The Labute approximate surface area is 98.3 Å². The van der Waals surface area contributed by atoms with Gasteiger partial charge in [0.1, 0.15) is 17.4 Å². The molecule has 17 heavy (non-hydrogen) atoms. The lowest BCUT2D eigenvalue weighted by Gasteiger charge is -2.15. The normalized spacial score (nSPS) is 12.7. The zero-order valence-corrected chi connectivity index (χ0v) is 9.63. The Hall–Kier alpha value is -1.68. The van der Waals surface area contributed by atoms with Crippen LogP contribution in [0.1, 0.15) is 22.9 Å². The van der Waals surface area contributed by atoms with Crippen LogP contribution in [0.25, 0.3) is 0 Å². The Morgan fingerprint density at radius 3 is 2.59 bits per heavy atom. The molecule has 1 unspecified atom stereocenters. The van der Waals surface area contributed by atoms with Crippen LogP contribution in [-0.4, -0.2) is 7.05 Å². The zero-order valence-electron chi connectivity index (χ0n) is 9.63. The van der Waals surface area contributed by atoms with Crippen LogP contribution in [0.2, 0.25) is 0 Å². The largest absolute Gasteiger partial charge is 0.469 e. The summed E-state index contributed by atoms with van der Waals surface area (Å²) in [4.78, 5) is 0. The lowest BCUT2D eigenvalue weighted by molar-refractivity contribution is 0.523. The van der Waals surface area contributed by atoms with Crippen LogP contribution in [0.5, 0.6) is 0 Å². The number of hydrogen-bond donors (Lipinski definition) is 1. The average Bonchev–Trinajstić information content (AvgIpc) is 2.71. The van der Waals surface area contributed by atoms with E-state index in [1.54, 1.807) is 26.3 Å². The Balaban J connectivity index is 2.45. The predicted molar refractivity (Wildman–Crippen MR) is 60.7 cm³/mol. The first-order valence-electron chi connectivity index (χ1n) is 5.29. The van der Waals surface area contributed by atoms with Crippen molar-refractivity contribution in [3.8, 4) is 0 Å². The molecule has 0 amide bonds. The molecular weight excluding hydrogens is 224 g/mol. The zero-order chi connectivity index (χ0) is 12.4. The summed E-state index contributed by atoms with van der Waals surface area (Å²) in [6.07, 6.45) is 1.54. The summed E-state index contributed by atoms with van der Waals surface area (Å²) in [5.41, 5.74) is 1.04. The van der Waals surface area contributed by atoms with Gasteiger partial charge in [-0.15, -0.1) is 0 Å². The molecule has 0 fully saturated rings. The van der Waals surface area contributed by atoms with Crippen LogP contribution in [0, 0.1) is 18.6 Å². The maximum absolute atomic E-state index is 13.7. The molecule has 1 N–H and O–H groups in total. The third kappa shape index (κ3) is 2.36. The summed E-state index contributed by atoms with van der Waals surface area (Å²) in [5.74, 6) is -0.163. The van der Waals surface area contributed by atoms with E-state index in [1.807, 2.05) is 0 Å². The summed E-state index contributed by atoms with van der Waals surface area (Å²) in [6, 6.07) is 4.81. The van der Waals surface area contributed by atoms with E-state index < -0.39 is 17.7 Å². The fraction of sp³-hybridized carbons (Fsp3) is 0.231. The first kappa shape index (κ1) is 11.8. The summed E-state index contributed by atoms with van der Waals surface area (Å²) in [7, 11) is 1.69. The first-order chi connectivity index (χ1) is 8.11. The second-order valence-corrected chi connectivity index (χ2v) is 3.88. The minimum Gasteiger partial charge on any atom is -0.469 e. The maximum atomic E-state index is 13.7. The fourth-order valence-corrected chi connectivity index (χ4v) is 1.85. The molecule has 2 aromatic rings. The van der Waals surface area contributed by atoms with E-state index in [4.69, 9.17) is 4.42 Å². The number of furan rings is 1. The molecule has 0 aliphatic rings. The number of nitrogens with one attached hydrogen (secondary N) is 1. The highest BCUT2D eigenvalue weighted by Crippen LogP contribution is 2.26. The van der Waals surface area contributed by atoms with Crippen LogP contribution in [0.15, 0.2) is 34.9 Å². The van der Waals surface area contributed by atoms with Crippen molar-refractivity contribution in [1.29, 1.82) is 0 Å². The molecule has 90 valence electrons. The van der Waals surface area contributed by atoms with Crippen LogP contribution < -0.4 is 5.32 Å². The van der Waals surface area contributed by atoms with Crippen molar-refractivity contribution >= 4 is 0 Å². The Morgan fingerprint density at radius 1 is 1.24 bits per heavy atom. The van der Waals surface area contributed by atoms with Gasteiger partial charge < -0.3 is 9.73 Å². The molecule has 0 aliphatic heterocycles. The number of aryl methyl sites for hydroxylation is 1. The summed E-state index contributed by atoms with van der Waals surface area (Å²) in [6.45, 7) is 1.80.